The van der Waals surface area contributed by atoms with E-state index in [1.165, 1.54) is 24.3 Å². The summed E-state index contributed by atoms with van der Waals surface area (Å²) in [5.41, 5.74) is 1.81. The van der Waals surface area contributed by atoms with Crippen LogP contribution in [0.3, 0.4) is 0 Å². The van der Waals surface area contributed by atoms with Crippen LogP contribution in [0.25, 0.3) is 5.76 Å². The lowest BCUT2D eigenvalue weighted by molar-refractivity contribution is -0.384. The maximum absolute atomic E-state index is 13.6. The Labute approximate surface area is 256 Å². The predicted octanol–water partition coefficient (Wildman–Crippen LogP) is 6.05. The predicted molar refractivity (Wildman–Crippen MR) is 163 cm³/mol. The van der Waals surface area contributed by atoms with Gasteiger partial charge in [0.05, 0.1) is 28.8 Å². The molecule has 1 atom stereocenters. The quantitative estimate of drug-likeness (QED) is 0.0594. The van der Waals surface area contributed by atoms with Gasteiger partial charge < -0.3 is 14.6 Å². The highest BCUT2D eigenvalue weighted by molar-refractivity contribution is 7.17. The molecule has 1 amide bonds. The number of aryl methyl sites for hydroxylation is 2. The topological polar surface area (TPSA) is 149 Å². The lowest BCUT2D eigenvalue weighted by atomic mass is 9.94. The molecule has 0 saturated carbocycles. The first kappa shape index (κ1) is 30.1. The number of nitrogens with zero attached hydrogens (tertiary/aromatic N) is 3. The van der Waals surface area contributed by atoms with Gasteiger partial charge in [-0.15, -0.1) is 0 Å². The number of ether oxygens (including phenoxy) is 2. The van der Waals surface area contributed by atoms with Gasteiger partial charge in [0.2, 0.25) is 0 Å². The van der Waals surface area contributed by atoms with Crippen LogP contribution in [0, 0.1) is 24.0 Å². The van der Waals surface area contributed by atoms with E-state index in [-0.39, 0.29) is 44.7 Å². The lowest BCUT2D eigenvalue weighted by Gasteiger charge is -2.23. The van der Waals surface area contributed by atoms with Crippen molar-refractivity contribution in [3.8, 4) is 5.75 Å². The van der Waals surface area contributed by atoms with E-state index in [0.29, 0.717) is 17.9 Å². The fourth-order valence-corrected chi connectivity index (χ4v) is 5.86. The maximum Gasteiger partial charge on any atom is 0.350 e. The number of aliphatic hydroxyl groups is 1. The summed E-state index contributed by atoms with van der Waals surface area (Å²) in [5, 5.41) is 23.1. The zero-order valence-corrected chi connectivity index (χ0v) is 24.8. The van der Waals surface area contributed by atoms with Gasteiger partial charge in [0.15, 0.2) is 5.13 Å². The third-order valence-electron chi connectivity index (χ3n) is 6.98. The highest BCUT2D eigenvalue weighted by Crippen LogP contribution is 2.44. The van der Waals surface area contributed by atoms with Crippen molar-refractivity contribution in [1.82, 2.24) is 4.98 Å². The van der Waals surface area contributed by atoms with Crippen molar-refractivity contribution >= 4 is 45.6 Å². The number of thiazole rings is 1. The molecule has 224 valence electrons. The Morgan fingerprint density at radius 3 is 2.50 bits per heavy atom. The molecule has 2 heterocycles. The number of Topliss-reactive ketones (excluding diaryl/α,β-unsaturated/α-hetero) is 1. The largest absolute Gasteiger partial charge is 0.507 e. The molecule has 0 aliphatic carbocycles. The number of non-ortho nitro benzene ring substituents is 1. The lowest BCUT2D eigenvalue weighted by Crippen LogP contribution is -2.29. The molecule has 1 unspecified atom stereocenters. The van der Waals surface area contributed by atoms with Crippen LogP contribution >= 0.6 is 11.3 Å². The van der Waals surface area contributed by atoms with Gasteiger partial charge in [-0.2, -0.15) is 0 Å². The van der Waals surface area contributed by atoms with E-state index in [1.54, 1.807) is 39.0 Å². The summed E-state index contributed by atoms with van der Waals surface area (Å²) < 4.78 is 11.0. The fraction of sp³-hybridized carbons (Fsp3) is 0.188. The number of hydrogen-bond donors (Lipinski definition) is 1. The van der Waals surface area contributed by atoms with Gasteiger partial charge in [-0.1, -0.05) is 53.8 Å². The van der Waals surface area contributed by atoms with Crippen molar-refractivity contribution < 1.29 is 33.9 Å². The number of carbonyl (C=O) groups excluding carboxylic acids is 3. The van der Waals surface area contributed by atoms with E-state index in [1.807, 2.05) is 30.3 Å². The number of aromatic nitrogens is 1. The number of hydrogen-bond acceptors (Lipinski definition) is 10. The molecule has 1 aliphatic rings. The molecule has 5 rings (SSSR count). The van der Waals surface area contributed by atoms with Crippen LogP contribution in [-0.4, -0.2) is 39.3 Å². The van der Waals surface area contributed by atoms with E-state index in [0.717, 1.165) is 21.8 Å². The van der Waals surface area contributed by atoms with Crippen LogP contribution in [-0.2, 0) is 20.9 Å². The minimum atomic E-state index is -1.27. The van der Waals surface area contributed by atoms with E-state index in [4.69, 9.17) is 9.47 Å². The first-order chi connectivity index (χ1) is 21.1. The average Bonchev–Trinajstić information content (AvgIpc) is 3.53. The summed E-state index contributed by atoms with van der Waals surface area (Å²) in [4.78, 5) is 56.2. The van der Waals surface area contributed by atoms with Crippen LogP contribution in [0.5, 0.6) is 5.75 Å². The minimum absolute atomic E-state index is 0.00375. The fourth-order valence-electron chi connectivity index (χ4n) is 4.87. The van der Waals surface area contributed by atoms with Crippen molar-refractivity contribution in [3.05, 3.63) is 121 Å². The average molecular weight is 614 g/mol. The number of nitro benzene ring substituents is 1. The molecule has 4 aromatic rings. The zero-order chi connectivity index (χ0) is 31.5. The Morgan fingerprint density at radius 2 is 1.82 bits per heavy atom. The first-order valence-electron chi connectivity index (χ1n) is 13.6. The molecule has 3 aromatic carbocycles. The Kier molecular flexibility index (Phi) is 8.54. The number of amides is 1. The standard InChI is InChI=1S/C32H27N3O8S/c1-4-42-31(39)29-19(3)33-32(44-29)34-26(21-11-8-12-23(16-21)35(40)41)25(28(37)30(34)38)27(36)22-13-14-24(18(2)15-22)43-17-20-9-6-5-7-10-20/h5-16,26,36H,4,17H2,1-3H3. The Balaban J connectivity index is 1.60. The van der Waals surface area contributed by atoms with E-state index >= 15 is 0 Å². The summed E-state index contributed by atoms with van der Waals surface area (Å²) in [6.07, 6.45) is 0. The molecule has 1 saturated heterocycles. The van der Waals surface area contributed by atoms with Gasteiger partial charge in [-0.05, 0) is 55.7 Å². The van der Waals surface area contributed by atoms with Crippen molar-refractivity contribution in [2.45, 2.75) is 33.4 Å². The van der Waals surface area contributed by atoms with Crippen LogP contribution in [0.2, 0.25) is 0 Å². The second-order valence-electron chi connectivity index (χ2n) is 9.91. The van der Waals surface area contributed by atoms with E-state index in [9.17, 15) is 29.6 Å². The highest BCUT2D eigenvalue weighted by atomic mass is 32.1. The van der Waals surface area contributed by atoms with Crippen LogP contribution < -0.4 is 9.64 Å². The molecule has 1 N–H and O–H groups in total. The van der Waals surface area contributed by atoms with E-state index < -0.39 is 34.4 Å². The number of rotatable bonds is 9. The van der Waals surface area contributed by atoms with Crippen molar-refractivity contribution in [1.29, 1.82) is 0 Å². The summed E-state index contributed by atoms with van der Waals surface area (Å²) in [7, 11) is 0. The molecule has 0 spiro atoms. The van der Waals surface area contributed by atoms with Crippen LogP contribution in [0.1, 0.15) is 50.6 Å². The number of aliphatic hydroxyl groups excluding tert-OH is 1. The van der Waals surface area contributed by atoms with Crippen LogP contribution in [0.15, 0.2) is 78.4 Å². The van der Waals surface area contributed by atoms with Crippen molar-refractivity contribution in [2.75, 3.05) is 11.5 Å². The summed E-state index contributed by atoms with van der Waals surface area (Å²) in [5.74, 6) is -2.56. The monoisotopic (exact) mass is 613 g/mol. The number of esters is 1. The Morgan fingerprint density at radius 1 is 1.07 bits per heavy atom. The summed E-state index contributed by atoms with van der Waals surface area (Å²) in [6.45, 7) is 5.45. The summed E-state index contributed by atoms with van der Waals surface area (Å²) in [6, 6.07) is 18.6. The minimum Gasteiger partial charge on any atom is -0.507 e. The molecule has 0 radical (unpaired) electrons. The molecule has 12 heteroatoms. The van der Waals surface area contributed by atoms with Gasteiger partial charge in [0.25, 0.3) is 11.5 Å². The smallest absolute Gasteiger partial charge is 0.350 e. The highest BCUT2D eigenvalue weighted by Gasteiger charge is 2.48. The van der Waals surface area contributed by atoms with E-state index in [2.05, 4.69) is 4.98 Å². The summed E-state index contributed by atoms with van der Waals surface area (Å²) >= 11 is 0.850. The third kappa shape index (κ3) is 5.79. The first-order valence-corrected chi connectivity index (χ1v) is 14.4. The van der Waals surface area contributed by atoms with Crippen molar-refractivity contribution in [3.63, 3.8) is 0 Å². The molecule has 0 bridgehead atoms. The number of carbonyl (C=O) groups is 3. The number of nitro groups is 1. The van der Waals surface area contributed by atoms with Gasteiger partial charge in [-0.3, -0.25) is 24.6 Å². The number of anilines is 1. The third-order valence-corrected chi connectivity index (χ3v) is 8.12. The normalized spacial score (nSPS) is 15.8. The zero-order valence-electron chi connectivity index (χ0n) is 24.0. The number of benzene rings is 3. The molecule has 1 aromatic heterocycles. The Hall–Kier alpha value is -5.36. The second kappa shape index (κ2) is 12.5. The van der Waals surface area contributed by atoms with Gasteiger partial charge in [0.1, 0.15) is 23.0 Å². The second-order valence-corrected chi connectivity index (χ2v) is 10.9. The molecule has 1 aliphatic heterocycles. The molecular weight excluding hydrogens is 586 g/mol. The number of ketones is 1. The van der Waals surface area contributed by atoms with Gasteiger partial charge >= 0.3 is 11.9 Å². The molecular formula is C32H27N3O8S. The Bertz CT molecular complexity index is 1820. The molecule has 44 heavy (non-hydrogen) atoms. The SMILES string of the molecule is CCOC(=O)c1sc(N2C(=O)C(=O)C(=C(O)c3ccc(OCc4ccccc4)c(C)c3)C2c2cccc([N+](=O)[O-])c2)nc1C. The van der Waals surface area contributed by atoms with Gasteiger partial charge in [-0.25, -0.2) is 9.78 Å². The van der Waals surface area contributed by atoms with Crippen LogP contribution in [0.4, 0.5) is 10.8 Å². The maximum atomic E-state index is 13.6. The van der Waals surface area contributed by atoms with Crippen molar-refractivity contribution in [2.24, 2.45) is 0 Å². The van der Waals surface area contributed by atoms with Gasteiger partial charge in [0, 0.05) is 17.7 Å². The molecule has 1 fully saturated rings. The molecule has 11 nitrogen and oxygen atoms in total.